The second-order valence-electron chi connectivity index (χ2n) is 7.48. The number of anilines is 1. The van der Waals surface area contributed by atoms with Gasteiger partial charge in [0.2, 0.25) is 5.91 Å². The molecule has 3 aromatic rings. The van der Waals surface area contributed by atoms with E-state index in [0.29, 0.717) is 32.7 Å². The molecule has 0 radical (unpaired) electrons. The molecular weight excluding hydrogens is 399 g/mol. The lowest BCUT2D eigenvalue weighted by Crippen LogP contribution is -2.51. The maximum absolute atomic E-state index is 13.1. The number of nitrogens with zero attached hydrogens (tertiary/aromatic N) is 4. The van der Waals surface area contributed by atoms with Crippen molar-refractivity contribution in [1.29, 1.82) is 0 Å². The molecule has 0 aliphatic carbocycles. The Bertz CT molecular complexity index is 1160. The van der Waals surface area contributed by atoms with E-state index in [0.717, 1.165) is 15.8 Å². The van der Waals surface area contributed by atoms with Gasteiger partial charge in [0, 0.05) is 44.1 Å². The molecule has 0 N–H and O–H groups in total. The lowest BCUT2D eigenvalue weighted by atomic mass is 10.2. The smallest absolute Gasteiger partial charge is 0.331 e. The number of amides is 1. The predicted octanol–water partition coefficient (Wildman–Crippen LogP) is 1.55. The third kappa shape index (κ3) is 4.74. The molecule has 2 aromatic carbocycles. The zero-order valence-electron chi connectivity index (χ0n) is 17.0. The van der Waals surface area contributed by atoms with Crippen molar-refractivity contribution in [3.8, 4) is 0 Å². The highest BCUT2D eigenvalue weighted by molar-refractivity contribution is 5.76. The van der Waals surface area contributed by atoms with E-state index in [1.165, 1.54) is 29.0 Å². The number of rotatable bonds is 5. The second kappa shape index (κ2) is 8.99. The van der Waals surface area contributed by atoms with Gasteiger partial charge >= 0.3 is 5.69 Å². The molecule has 0 unspecified atom stereocenters. The quantitative estimate of drug-likeness (QED) is 0.626. The molecule has 31 heavy (non-hydrogen) atoms. The Labute approximate surface area is 178 Å². The minimum Gasteiger partial charge on any atom is -0.368 e. The molecule has 1 saturated heterocycles. The van der Waals surface area contributed by atoms with Crippen LogP contribution in [0, 0.1) is 5.82 Å². The molecule has 0 spiro atoms. The molecule has 8 heteroatoms. The van der Waals surface area contributed by atoms with Crippen LogP contribution in [-0.4, -0.2) is 46.1 Å². The largest absolute Gasteiger partial charge is 0.368 e. The summed E-state index contributed by atoms with van der Waals surface area (Å²) in [6, 6.07) is 17.0. The average molecular weight is 422 g/mol. The van der Waals surface area contributed by atoms with Gasteiger partial charge in [-0.2, -0.15) is 0 Å². The second-order valence-corrected chi connectivity index (χ2v) is 7.48. The van der Waals surface area contributed by atoms with E-state index in [1.54, 1.807) is 17.0 Å². The van der Waals surface area contributed by atoms with Crippen LogP contribution >= 0.6 is 0 Å². The third-order valence-corrected chi connectivity index (χ3v) is 5.45. The van der Waals surface area contributed by atoms with Crippen LogP contribution in [0.4, 0.5) is 10.1 Å². The molecule has 1 aliphatic rings. The highest BCUT2D eigenvalue weighted by Gasteiger charge is 2.22. The van der Waals surface area contributed by atoms with Crippen LogP contribution in [0.2, 0.25) is 0 Å². The Hall–Kier alpha value is -3.68. The molecule has 4 rings (SSSR count). The molecule has 1 amide bonds. The van der Waals surface area contributed by atoms with Crippen LogP contribution in [0.25, 0.3) is 0 Å². The number of carbonyl (C=O) groups excluding carboxylic acids is 1. The highest BCUT2D eigenvalue weighted by Crippen LogP contribution is 2.17. The van der Waals surface area contributed by atoms with Crippen LogP contribution in [-0.2, 0) is 17.9 Å². The zero-order chi connectivity index (χ0) is 21.8. The van der Waals surface area contributed by atoms with Gasteiger partial charge in [0.05, 0.1) is 6.54 Å². The van der Waals surface area contributed by atoms with Gasteiger partial charge in [-0.05, 0) is 29.8 Å². The Morgan fingerprint density at radius 1 is 0.871 bits per heavy atom. The number of piperazine rings is 1. The fraction of sp³-hybridized carbons (Fsp3) is 0.261. The fourth-order valence-corrected chi connectivity index (χ4v) is 3.70. The number of carbonyl (C=O) groups is 1. The van der Waals surface area contributed by atoms with Crippen LogP contribution in [0.15, 0.2) is 76.4 Å². The van der Waals surface area contributed by atoms with Crippen molar-refractivity contribution in [1.82, 2.24) is 14.0 Å². The minimum absolute atomic E-state index is 0.268. The number of benzene rings is 2. The molecule has 1 fully saturated rings. The summed E-state index contributed by atoms with van der Waals surface area (Å²) in [5.74, 6) is -0.556. The van der Waals surface area contributed by atoms with Crippen molar-refractivity contribution < 1.29 is 9.18 Å². The van der Waals surface area contributed by atoms with E-state index in [9.17, 15) is 18.8 Å². The van der Waals surface area contributed by atoms with Gasteiger partial charge in [-0.15, -0.1) is 0 Å². The number of halogens is 1. The van der Waals surface area contributed by atoms with Crippen LogP contribution in [0.5, 0.6) is 0 Å². The summed E-state index contributed by atoms with van der Waals surface area (Å²) < 4.78 is 15.5. The van der Waals surface area contributed by atoms with E-state index in [-0.39, 0.29) is 18.3 Å². The summed E-state index contributed by atoms with van der Waals surface area (Å²) in [6.07, 6.45) is 1.46. The summed E-state index contributed by atoms with van der Waals surface area (Å²) in [4.78, 5) is 41.6. The fourth-order valence-electron chi connectivity index (χ4n) is 3.70. The SMILES string of the molecule is O=C(Cn1c(=O)ccn(Cc2ccccc2)c1=O)N1CCN(c2ccc(F)cc2)CC1. The Morgan fingerprint density at radius 3 is 2.23 bits per heavy atom. The lowest BCUT2D eigenvalue weighted by Gasteiger charge is -2.36. The Kier molecular flexibility index (Phi) is 5.97. The highest BCUT2D eigenvalue weighted by atomic mass is 19.1. The average Bonchev–Trinajstić information content (AvgIpc) is 2.80. The minimum atomic E-state index is -0.505. The summed E-state index contributed by atoms with van der Waals surface area (Å²) in [5.41, 5.74) is 0.830. The van der Waals surface area contributed by atoms with E-state index in [1.807, 2.05) is 30.3 Å². The van der Waals surface area contributed by atoms with Crippen molar-refractivity contribution in [3.05, 3.63) is 99.1 Å². The Balaban J connectivity index is 1.43. The van der Waals surface area contributed by atoms with Crippen LogP contribution < -0.4 is 16.1 Å². The third-order valence-electron chi connectivity index (χ3n) is 5.45. The normalized spacial score (nSPS) is 14.0. The van der Waals surface area contributed by atoms with Crippen molar-refractivity contribution in [2.45, 2.75) is 13.1 Å². The molecule has 7 nitrogen and oxygen atoms in total. The van der Waals surface area contributed by atoms with Crippen molar-refractivity contribution in [3.63, 3.8) is 0 Å². The Morgan fingerprint density at radius 2 is 1.55 bits per heavy atom. The number of hydrogen-bond donors (Lipinski definition) is 0. The van der Waals surface area contributed by atoms with Crippen molar-refractivity contribution in [2.75, 3.05) is 31.1 Å². The maximum Gasteiger partial charge on any atom is 0.331 e. The first kappa shape index (κ1) is 20.6. The summed E-state index contributed by atoms with van der Waals surface area (Å²) in [5, 5.41) is 0. The first-order chi connectivity index (χ1) is 15.0. The lowest BCUT2D eigenvalue weighted by molar-refractivity contribution is -0.132. The van der Waals surface area contributed by atoms with E-state index in [2.05, 4.69) is 4.90 Å². The van der Waals surface area contributed by atoms with Gasteiger partial charge in [0.15, 0.2) is 0 Å². The van der Waals surface area contributed by atoms with Gasteiger partial charge in [-0.3, -0.25) is 18.7 Å². The molecule has 1 aliphatic heterocycles. The first-order valence-corrected chi connectivity index (χ1v) is 10.1. The number of hydrogen-bond acceptors (Lipinski definition) is 4. The van der Waals surface area contributed by atoms with Gasteiger partial charge in [-0.1, -0.05) is 30.3 Å². The maximum atomic E-state index is 13.1. The van der Waals surface area contributed by atoms with Crippen LogP contribution in [0.1, 0.15) is 5.56 Å². The molecular formula is C23H23FN4O3. The monoisotopic (exact) mass is 422 g/mol. The summed E-state index contributed by atoms with van der Waals surface area (Å²) in [7, 11) is 0. The standard InChI is InChI=1S/C23H23FN4O3/c24-19-6-8-20(9-7-19)25-12-14-26(15-13-25)22(30)17-28-21(29)10-11-27(23(28)31)16-18-4-2-1-3-5-18/h1-11H,12-17H2. The van der Waals surface area contributed by atoms with Gasteiger partial charge in [-0.25, -0.2) is 9.18 Å². The molecule has 2 heterocycles. The zero-order valence-corrected chi connectivity index (χ0v) is 17.0. The molecule has 0 bridgehead atoms. The first-order valence-electron chi connectivity index (χ1n) is 10.1. The van der Waals surface area contributed by atoms with Gasteiger partial charge in [0.1, 0.15) is 12.4 Å². The van der Waals surface area contributed by atoms with Crippen molar-refractivity contribution in [2.24, 2.45) is 0 Å². The van der Waals surface area contributed by atoms with E-state index >= 15 is 0 Å². The van der Waals surface area contributed by atoms with Crippen LogP contribution in [0.3, 0.4) is 0 Å². The van der Waals surface area contributed by atoms with E-state index < -0.39 is 11.2 Å². The summed E-state index contributed by atoms with van der Waals surface area (Å²) in [6.45, 7) is 2.17. The van der Waals surface area contributed by atoms with E-state index in [4.69, 9.17) is 0 Å². The number of aromatic nitrogens is 2. The van der Waals surface area contributed by atoms with Crippen molar-refractivity contribution >= 4 is 11.6 Å². The van der Waals surface area contributed by atoms with Gasteiger partial charge in [0.25, 0.3) is 5.56 Å². The van der Waals surface area contributed by atoms with Gasteiger partial charge < -0.3 is 9.80 Å². The molecule has 1 aromatic heterocycles. The molecule has 0 atom stereocenters. The predicted molar refractivity (Wildman–Crippen MR) is 116 cm³/mol. The molecule has 160 valence electrons. The topological polar surface area (TPSA) is 67.5 Å². The summed E-state index contributed by atoms with van der Waals surface area (Å²) >= 11 is 0. The molecule has 0 saturated carbocycles.